The Kier molecular flexibility index (Phi) is 13.0. The number of rotatable bonds is 15. The Bertz CT molecular complexity index is 553. The number of hydrogen-bond acceptors (Lipinski definition) is 6. The Morgan fingerprint density at radius 2 is 1.39 bits per heavy atom. The molecule has 0 aromatic heterocycles. The maximum atomic E-state index is 11.8. The standard InChI is InChI=1S/C17H29N3O8/c1-2-3-4-5-6-14(23)19-11(16(25)26)7-8-13(22)18-9-15(24)20-12(10-21)17(27)28/h11-12,21H,2-10H2,1H3,(H,18,22)(H,19,23)(H,20,24)(H,25,26)(H,27,28)/t11-,12-/m1/s1. The van der Waals surface area contributed by atoms with Crippen molar-refractivity contribution in [2.45, 2.75) is 64.0 Å². The first-order chi connectivity index (χ1) is 13.2. The van der Waals surface area contributed by atoms with Crippen LogP contribution in [0.4, 0.5) is 0 Å². The number of aliphatic hydroxyl groups excluding tert-OH is 1. The molecule has 6 N–H and O–H groups in total. The number of carboxylic acid groups (broad SMARTS) is 2. The fourth-order valence-electron chi connectivity index (χ4n) is 2.21. The molecule has 0 aromatic carbocycles. The summed E-state index contributed by atoms with van der Waals surface area (Å²) in [5, 5.41) is 33.2. The third-order valence-electron chi connectivity index (χ3n) is 3.81. The predicted octanol–water partition coefficient (Wildman–Crippen LogP) is -1.02. The summed E-state index contributed by atoms with van der Waals surface area (Å²) in [6.45, 7) is 0.712. The van der Waals surface area contributed by atoms with Gasteiger partial charge in [-0.2, -0.15) is 0 Å². The molecule has 0 heterocycles. The molecule has 28 heavy (non-hydrogen) atoms. The summed E-state index contributed by atoms with van der Waals surface area (Å²) in [6, 6.07) is -2.70. The van der Waals surface area contributed by atoms with Gasteiger partial charge in [0.05, 0.1) is 13.2 Å². The van der Waals surface area contributed by atoms with Crippen LogP contribution in [0.3, 0.4) is 0 Å². The highest BCUT2D eigenvalue weighted by Crippen LogP contribution is 2.04. The molecule has 0 fully saturated rings. The zero-order valence-electron chi connectivity index (χ0n) is 15.9. The van der Waals surface area contributed by atoms with Crippen LogP contribution in [0.1, 0.15) is 51.9 Å². The molecule has 3 amide bonds. The van der Waals surface area contributed by atoms with E-state index < -0.39 is 54.9 Å². The molecule has 0 aliphatic rings. The highest BCUT2D eigenvalue weighted by molar-refractivity contribution is 5.88. The van der Waals surface area contributed by atoms with Crippen LogP contribution in [-0.2, 0) is 24.0 Å². The van der Waals surface area contributed by atoms with Gasteiger partial charge in [-0.05, 0) is 12.8 Å². The maximum absolute atomic E-state index is 11.8. The minimum absolute atomic E-state index is 0.155. The molecule has 0 saturated heterocycles. The van der Waals surface area contributed by atoms with Crippen LogP contribution in [-0.4, -0.2) is 70.2 Å². The lowest BCUT2D eigenvalue weighted by Gasteiger charge is -2.15. The number of amides is 3. The number of carboxylic acids is 2. The van der Waals surface area contributed by atoms with E-state index >= 15 is 0 Å². The first-order valence-electron chi connectivity index (χ1n) is 9.13. The zero-order chi connectivity index (χ0) is 21.5. The first kappa shape index (κ1) is 25.3. The summed E-state index contributed by atoms with van der Waals surface area (Å²) in [4.78, 5) is 56.9. The van der Waals surface area contributed by atoms with Crippen LogP contribution >= 0.6 is 0 Å². The average Bonchev–Trinajstić information content (AvgIpc) is 2.64. The molecule has 0 aliphatic carbocycles. The van der Waals surface area contributed by atoms with Gasteiger partial charge in [0.25, 0.3) is 0 Å². The fourth-order valence-corrected chi connectivity index (χ4v) is 2.21. The molecule has 0 spiro atoms. The monoisotopic (exact) mass is 403 g/mol. The Labute approximate surface area is 162 Å². The van der Waals surface area contributed by atoms with Crippen molar-refractivity contribution in [2.75, 3.05) is 13.2 Å². The summed E-state index contributed by atoms with van der Waals surface area (Å²) in [5.74, 6) is -4.52. The van der Waals surface area contributed by atoms with Gasteiger partial charge in [-0.25, -0.2) is 9.59 Å². The summed E-state index contributed by atoms with van der Waals surface area (Å²) in [6.07, 6.45) is 3.36. The zero-order valence-corrected chi connectivity index (χ0v) is 15.9. The Hall–Kier alpha value is -2.69. The van der Waals surface area contributed by atoms with Crippen LogP contribution in [0.5, 0.6) is 0 Å². The van der Waals surface area contributed by atoms with E-state index in [-0.39, 0.29) is 19.3 Å². The number of aliphatic carboxylic acids is 2. The molecule has 0 aliphatic heterocycles. The molecule has 0 radical (unpaired) electrons. The third kappa shape index (κ3) is 11.8. The number of carbonyl (C=O) groups excluding carboxylic acids is 3. The number of hydrogen-bond donors (Lipinski definition) is 6. The number of carbonyl (C=O) groups is 5. The van der Waals surface area contributed by atoms with Crippen molar-refractivity contribution in [2.24, 2.45) is 0 Å². The van der Waals surface area contributed by atoms with Gasteiger partial charge in [0, 0.05) is 12.8 Å². The summed E-state index contributed by atoms with van der Waals surface area (Å²) >= 11 is 0. The van der Waals surface area contributed by atoms with Gasteiger partial charge in [-0.3, -0.25) is 14.4 Å². The normalized spacial score (nSPS) is 12.5. The van der Waals surface area contributed by atoms with Crippen molar-refractivity contribution in [1.82, 2.24) is 16.0 Å². The van der Waals surface area contributed by atoms with Gasteiger partial charge in [0.1, 0.15) is 12.1 Å². The molecule has 0 bridgehead atoms. The van der Waals surface area contributed by atoms with Gasteiger partial charge >= 0.3 is 11.9 Å². The predicted molar refractivity (Wildman–Crippen MR) is 97.2 cm³/mol. The summed E-state index contributed by atoms with van der Waals surface area (Å²) < 4.78 is 0. The lowest BCUT2D eigenvalue weighted by atomic mass is 10.1. The molecule has 2 atom stereocenters. The first-order valence-corrected chi connectivity index (χ1v) is 9.13. The fraction of sp³-hybridized carbons (Fsp3) is 0.706. The second-order valence-corrected chi connectivity index (χ2v) is 6.23. The second kappa shape index (κ2) is 14.4. The molecule has 0 unspecified atom stereocenters. The van der Waals surface area contributed by atoms with Crippen molar-refractivity contribution in [3.05, 3.63) is 0 Å². The molecule has 11 heteroatoms. The molecular formula is C17H29N3O8. The van der Waals surface area contributed by atoms with Gasteiger partial charge in [-0.15, -0.1) is 0 Å². The van der Waals surface area contributed by atoms with Crippen LogP contribution in [0, 0.1) is 0 Å². The average molecular weight is 403 g/mol. The van der Waals surface area contributed by atoms with Crippen LogP contribution < -0.4 is 16.0 Å². The lowest BCUT2D eigenvalue weighted by molar-refractivity contribution is -0.142. The summed E-state index contributed by atoms with van der Waals surface area (Å²) in [7, 11) is 0. The molecule has 11 nitrogen and oxygen atoms in total. The quantitative estimate of drug-likeness (QED) is 0.188. The van der Waals surface area contributed by atoms with E-state index in [4.69, 9.17) is 15.3 Å². The minimum Gasteiger partial charge on any atom is -0.480 e. The van der Waals surface area contributed by atoms with E-state index in [1.807, 2.05) is 12.2 Å². The van der Waals surface area contributed by atoms with E-state index in [1.165, 1.54) is 0 Å². The molecule has 0 rings (SSSR count). The van der Waals surface area contributed by atoms with Crippen molar-refractivity contribution >= 4 is 29.7 Å². The van der Waals surface area contributed by atoms with E-state index in [1.54, 1.807) is 0 Å². The van der Waals surface area contributed by atoms with Crippen molar-refractivity contribution in [3.8, 4) is 0 Å². The lowest BCUT2D eigenvalue weighted by Crippen LogP contribution is -2.47. The summed E-state index contributed by atoms with van der Waals surface area (Å²) in [5.41, 5.74) is 0. The van der Waals surface area contributed by atoms with Gasteiger partial charge in [0.2, 0.25) is 17.7 Å². The van der Waals surface area contributed by atoms with E-state index in [9.17, 15) is 24.0 Å². The molecular weight excluding hydrogens is 374 g/mol. The van der Waals surface area contributed by atoms with Crippen molar-refractivity contribution < 1.29 is 39.3 Å². The molecule has 0 aromatic rings. The van der Waals surface area contributed by atoms with Crippen LogP contribution in [0.15, 0.2) is 0 Å². The van der Waals surface area contributed by atoms with Gasteiger partial charge in [-0.1, -0.05) is 26.2 Å². The largest absolute Gasteiger partial charge is 0.480 e. The van der Waals surface area contributed by atoms with Crippen LogP contribution in [0.25, 0.3) is 0 Å². The van der Waals surface area contributed by atoms with Crippen molar-refractivity contribution in [3.63, 3.8) is 0 Å². The van der Waals surface area contributed by atoms with E-state index in [0.29, 0.717) is 6.42 Å². The number of unbranched alkanes of at least 4 members (excludes halogenated alkanes) is 3. The number of aliphatic hydroxyl groups is 1. The van der Waals surface area contributed by atoms with Crippen molar-refractivity contribution in [1.29, 1.82) is 0 Å². The highest BCUT2D eigenvalue weighted by atomic mass is 16.4. The number of nitrogens with one attached hydrogen (secondary N) is 3. The van der Waals surface area contributed by atoms with Crippen LogP contribution in [0.2, 0.25) is 0 Å². The smallest absolute Gasteiger partial charge is 0.328 e. The van der Waals surface area contributed by atoms with Gasteiger partial charge in [0.15, 0.2) is 0 Å². The maximum Gasteiger partial charge on any atom is 0.328 e. The van der Waals surface area contributed by atoms with E-state index in [2.05, 4.69) is 10.6 Å². The topological polar surface area (TPSA) is 182 Å². The SMILES string of the molecule is CCCCCCC(=O)N[C@H](CCC(=O)NCC(=O)N[C@H](CO)C(=O)O)C(=O)O. The molecule has 0 saturated carbocycles. The highest BCUT2D eigenvalue weighted by Gasteiger charge is 2.22. The van der Waals surface area contributed by atoms with Gasteiger partial charge < -0.3 is 31.3 Å². The Balaban J connectivity index is 4.25. The third-order valence-corrected chi connectivity index (χ3v) is 3.81. The Morgan fingerprint density at radius 1 is 0.786 bits per heavy atom. The second-order valence-electron chi connectivity index (χ2n) is 6.23. The minimum atomic E-state index is -1.48. The van der Waals surface area contributed by atoms with E-state index in [0.717, 1.165) is 19.3 Å². The Morgan fingerprint density at radius 3 is 1.93 bits per heavy atom. The molecule has 160 valence electrons.